The predicted molar refractivity (Wildman–Crippen MR) is 79.2 cm³/mol. The second kappa shape index (κ2) is 6.23. The van der Waals surface area contributed by atoms with Crippen LogP contribution in [-0.2, 0) is 6.42 Å². The quantitative estimate of drug-likeness (QED) is 0.797. The third-order valence-electron chi connectivity index (χ3n) is 2.74. The van der Waals surface area contributed by atoms with Gasteiger partial charge in [-0.1, -0.05) is 39.1 Å². The van der Waals surface area contributed by atoms with Crippen LogP contribution in [0.2, 0.25) is 10.0 Å². The second-order valence-electron chi connectivity index (χ2n) is 4.12. The molecule has 0 heterocycles. The highest BCUT2D eigenvalue weighted by atomic mass is 79.9. The molecule has 0 saturated heterocycles. The van der Waals surface area contributed by atoms with Gasteiger partial charge < -0.3 is 5.11 Å². The van der Waals surface area contributed by atoms with Crippen LogP contribution in [0.1, 0.15) is 17.2 Å². The number of aliphatic hydroxyl groups excluding tert-OH is 1. The number of hydrogen-bond donors (Lipinski definition) is 1. The Morgan fingerprint density at radius 3 is 2.63 bits per heavy atom. The van der Waals surface area contributed by atoms with Gasteiger partial charge in [-0.05, 0) is 42.0 Å². The van der Waals surface area contributed by atoms with Gasteiger partial charge in [0, 0.05) is 26.5 Å². The van der Waals surface area contributed by atoms with Crippen LogP contribution in [0.5, 0.6) is 0 Å². The van der Waals surface area contributed by atoms with E-state index in [2.05, 4.69) is 15.9 Å². The van der Waals surface area contributed by atoms with E-state index >= 15 is 0 Å². The number of benzene rings is 2. The normalized spacial score (nSPS) is 12.5. The third-order valence-corrected chi connectivity index (χ3v) is 3.81. The summed E-state index contributed by atoms with van der Waals surface area (Å²) in [5, 5.41) is 11.1. The molecule has 1 atom stereocenters. The van der Waals surface area contributed by atoms with Crippen LogP contribution in [0, 0.1) is 5.82 Å². The predicted octanol–water partition coefficient (Wildman–Crippen LogP) is 5.17. The SMILES string of the molecule is OC(Cc1cc(Cl)ccc1F)c1cc(Br)ccc1Cl. The lowest BCUT2D eigenvalue weighted by molar-refractivity contribution is 0.177. The van der Waals surface area contributed by atoms with Crippen molar-refractivity contribution in [1.82, 2.24) is 0 Å². The smallest absolute Gasteiger partial charge is 0.126 e. The van der Waals surface area contributed by atoms with Crippen molar-refractivity contribution in [2.24, 2.45) is 0 Å². The molecule has 0 aromatic heterocycles. The lowest BCUT2D eigenvalue weighted by Gasteiger charge is -2.14. The van der Waals surface area contributed by atoms with Crippen LogP contribution >= 0.6 is 39.1 Å². The van der Waals surface area contributed by atoms with E-state index < -0.39 is 11.9 Å². The van der Waals surface area contributed by atoms with Gasteiger partial charge in [-0.25, -0.2) is 4.39 Å². The Morgan fingerprint density at radius 1 is 1.16 bits per heavy atom. The van der Waals surface area contributed by atoms with E-state index in [0.29, 0.717) is 21.2 Å². The molecule has 0 aliphatic rings. The van der Waals surface area contributed by atoms with Crippen molar-refractivity contribution >= 4 is 39.1 Å². The first-order chi connectivity index (χ1) is 8.97. The highest BCUT2D eigenvalue weighted by Crippen LogP contribution is 2.29. The lowest BCUT2D eigenvalue weighted by atomic mass is 10.0. The summed E-state index contributed by atoms with van der Waals surface area (Å²) in [4.78, 5) is 0. The molecule has 0 aliphatic heterocycles. The molecule has 1 unspecified atom stereocenters. The van der Waals surface area contributed by atoms with E-state index in [-0.39, 0.29) is 6.42 Å². The Balaban J connectivity index is 2.27. The molecular formula is C14H10BrCl2FO. The van der Waals surface area contributed by atoms with Gasteiger partial charge >= 0.3 is 0 Å². The molecule has 2 aromatic rings. The van der Waals surface area contributed by atoms with Crippen molar-refractivity contribution in [3.8, 4) is 0 Å². The average Bonchev–Trinajstić information content (AvgIpc) is 2.36. The van der Waals surface area contributed by atoms with Crippen molar-refractivity contribution < 1.29 is 9.50 Å². The van der Waals surface area contributed by atoms with Crippen LogP contribution < -0.4 is 0 Å². The van der Waals surface area contributed by atoms with E-state index in [4.69, 9.17) is 23.2 Å². The van der Waals surface area contributed by atoms with E-state index in [9.17, 15) is 9.50 Å². The van der Waals surface area contributed by atoms with Crippen molar-refractivity contribution in [2.75, 3.05) is 0 Å². The molecule has 0 spiro atoms. The van der Waals surface area contributed by atoms with Gasteiger partial charge in [0.25, 0.3) is 0 Å². The van der Waals surface area contributed by atoms with Crippen molar-refractivity contribution in [1.29, 1.82) is 0 Å². The van der Waals surface area contributed by atoms with Crippen LogP contribution in [0.4, 0.5) is 4.39 Å². The van der Waals surface area contributed by atoms with E-state index in [1.54, 1.807) is 18.2 Å². The first-order valence-corrected chi connectivity index (χ1v) is 7.09. The zero-order valence-electron chi connectivity index (χ0n) is 9.71. The minimum absolute atomic E-state index is 0.114. The maximum atomic E-state index is 13.6. The Kier molecular flexibility index (Phi) is 4.85. The molecule has 100 valence electrons. The molecule has 1 nitrogen and oxygen atoms in total. The van der Waals surface area contributed by atoms with Gasteiger partial charge in [-0.3, -0.25) is 0 Å². The van der Waals surface area contributed by atoms with Crippen molar-refractivity contribution in [2.45, 2.75) is 12.5 Å². The van der Waals surface area contributed by atoms with Gasteiger partial charge in [0.2, 0.25) is 0 Å². The molecule has 2 aromatic carbocycles. The van der Waals surface area contributed by atoms with Crippen LogP contribution in [0.15, 0.2) is 40.9 Å². The first-order valence-electron chi connectivity index (χ1n) is 5.54. The first kappa shape index (κ1) is 14.8. The summed E-state index contributed by atoms with van der Waals surface area (Å²) in [5.41, 5.74) is 0.909. The molecule has 2 rings (SSSR count). The summed E-state index contributed by atoms with van der Waals surface area (Å²) in [7, 11) is 0. The molecule has 0 bridgehead atoms. The van der Waals surface area contributed by atoms with E-state index in [0.717, 1.165) is 4.47 Å². The Bertz CT molecular complexity index is 604. The van der Waals surface area contributed by atoms with Gasteiger partial charge in [-0.15, -0.1) is 0 Å². The van der Waals surface area contributed by atoms with Crippen LogP contribution in [-0.4, -0.2) is 5.11 Å². The summed E-state index contributed by atoms with van der Waals surface area (Å²) in [6.45, 7) is 0. The summed E-state index contributed by atoms with van der Waals surface area (Å²) >= 11 is 15.2. The standard InChI is InChI=1S/C14H10BrCl2FO/c15-9-1-3-12(17)11(7-9)14(19)6-8-5-10(16)2-4-13(8)18/h1-5,7,14,19H,6H2. The van der Waals surface area contributed by atoms with E-state index in [1.165, 1.54) is 18.2 Å². The number of hydrogen-bond acceptors (Lipinski definition) is 1. The molecule has 0 radical (unpaired) electrons. The minimum atomic E-state index is -0.891. The number of rotatable bonds is 3. The molecule has 0 saturated carbocycles. The zero-order chi connectivity index (χ0) is 14.0. The Morgan fingerprint density at radius 2 is 1.89 bits per heavy atom. The van der Waals surface area contributed by atoms with Gasteiger partial charge in [0.1, 0.15) is 5.82 Å². The monoisotopic (exact) mass is 362 g/mol. The highest BCUT2D eigenvalue weighted by Gasteiger charge is 2.15. The Hall–Kier alpha value is -0.610. The largest absolute Gasteiger partial charge is 0.388 e. The minimum Gasteiger partial charge on any atom is -0.388 e. The highest BCUT2D eigenvalue weighted by molar-refractivity contribution is 9.10. The topological polar surface area (TPSA) is 20.2 Å². The van der Waals surface area contributed by atoms with Crippen molar-refractivity contribution in [3.63, 3.8) is 0 Å². The average molecular weight is 364 g/mol. The van der Waals surface area contributed by atoms with Crippen molar-refractivity contribution in [3.05, 3.63) is 67.9 Å². The maximum Gasteiger partial charge on any atom is 0.126 e. The fourth-order valence-electron chi connectivity index (χ4n) is 1.79. The van der Waals surface area contributed by atoms with Gasteiger partial charge in [-0.2, -0.15) is 0 Å². The number of halogens is 4. The van der Waals surface area contributed by atoms with Gasteiger partial charge in [0.15, 0.2) is 0 Å². The molecule has 0 amide bonds. The summed E-state index contributed by atoms with van der Waals surface area (Å²) < 4.78 is 14.4. The number of aliphatic hydroxyl groups is 1. The van der Waals surface area contributed by atoms with Crippen LogP contribution in [0.25, 0.3) is 0 Å². The molecule has 0 fully saturated rings. The molecule has 1 N–H and O–H groups in total. The molecule has 0 aliphatic carbocycles. The maximum absolute atomic E-state index is 13.6. The summed E-state index contributed by atoms with van der Waals surface area (Å²) in [6, 6.07) is 9.43. The fraction of sp³-hybridized carbons (Fsp3) is 0.143. The molecule has 19 heavy (non-hydrogen) atoms. The van der Waals surface area contributed by atoms with Crippen LogP contribution in [0.3, 0.4) is 0 Å². The lowest BCUT2D eigenvalue weighted by Crippen LogP contribution is -2.04. The van der Waals surface area contributed by atoms with Gasteiger partial charge in [0.05, 0.1) is 6.10 Å². The summed E-state index contributed by atoms with van der Waals surface area (Å²) in [6.07, 6.45) is -0.777. The zero-order valence-corrected chi connectivity index (χ0v) is 12.8. The second-order valence-corrected chi connectivity index (χ2v) is 5.88. The summed E-state index contributed by atoms with van der Waals surface area (Å²) in [5.74, 6) is -0.394. The molecule has 5 heteroatoms. The van der Waals surface area contributed by atoms with E-state index in [1.807, 2.05) is 0 Å². The molecular weight excluding hydrogens is 354 g/mol. The third kappa shape index (κ3) is 3.69. The fourth-order valence-corrected chi connectivity index (χ4v) is 2.60. The Labute approximate surface area is 129 Å².